The Morgan fingerprint density at radius 2 is 1.94 bits per heavy atom. The number of benzene rings is 1. The molecule has 1 aromatic carbocycles. The molecule has 1 atom stereocenters. The molecular formula is C28H35F2N5. The average Bonchev–Trinajstić information content (AvgIpc) is 3.32. The van der Waals surface area contributed by atoms with E-state index in [1.54, 1.807) is 32.3 Å². The van der Waals surface area contributed by atoms with Crippen LogP contribution in [-0.4, -0.2) is 58.2 Å². The van der Waals surface area contributed by atoms with Gasteiger partial charge in [-0.1, -0.05) is 12.6 Å². The molecule has 0 bridgehead atoms. The first-order valence-corrected chi connectivity index (χ1v) is 12.6. The molecule has 2 aromatic rings. The maximum Gasteiger partial charge on any atom is 0.133 e. The Labute approximate surface area is 207 Å². The lowest BCUT2D eigenvalue weighted by molar-refractivity contribution is 0.0942. The summed E-state index contributed by atoms with van der Waals surface area (Å²) in [5.74, 6) is 0.259. The highest BCUT2D eigenvalue weighted by atomic mass is 19.1. The molecule has 2 saturated heterocycles. The minimum Gasteiger partial charge on any atom is -0.370 e. The highest BCUT2D eigenvalue weighted by Crippen LogP contribution is 2.29. The van der Waals surface area contributed by atoms with E-state index in [0.717, 1.165) is 57.4 Å². The molecule has 2 aliphatic rings. The van der Waals surface area contributed by atoms with Crippen LogP contribution in [0.25, 0.3) is 17.0 Å². The number of aryl methyl sites for hydroxylation is 1. The van der Waals surface area contributed by atoms with Gasteiger partial charge in [-0.05, 0) is 77.1 Å². The van der Waals surface area contributed by atoms with Crippen LogP contribution in [0, 0.1) is 29.0 Å². The van der Waals surface area contributed by atoms with Gasteiger partial charge in [0.05, 0.1) is 29.6 Å². The number of halogens is 2. The first kappa shape index (κ1) is 25.2. The molecule has 7 heteroatoms. The van der Waals surface area contributed by atoms with Crippen LogP contribution in [-0.2, 0) is 6.42 Å². The Morgan fingerprint density at radius 3 is 2.54 bits per heavy atom. The van der Waals surface area contributed by atoms with Crippen LogP contribution in [0.2, 0.25) is 0 Å². The Morgan fingerprint density at radius 1 is 1.17 bits per heavy atom. The van der Waals surface area contributed by atoms with Gasteiger partial charge in [-0.3, -0.25) is 9.97 Å². The fourth-order valence-electron chi connectivity index (χ4n) is 5.14. The van der Waals surface area contributed by atoms with E-state index in [-0.39, 0.29) is 11.7 Å². The van der Waals surface area contributed by atoms with Crippen molar-refractivity contribution >= 4 is 5.70 Å². The molecule has 186 valence electrons. The van der Waals surface area contributed by atoms with Gasteiger partial charge >= 0.3 is 0 Å². The quantitative estimate of drug-likeness (QED) is 0.501. The van der Waals surface area contributed by atoms with Gasteiger partial charge in [0.2, 0.25) is 0 Å². The lowest BCUT2D eigenvalue weighted by Gasteiger charge is -2.34. The third kappa shape index (κ3) is 6.64. The number of hydrogen-bond donors (Lipinski definition) is 0. The van der Waals surface area contributed by atoms with Crippen molar-refractivity contribution in [2.24, 2.45) is 11.8 Å². The van der Waals surface area contributed by atoms with Crippen LogP contribution < -0.4 is 0 Å². The summed E-state index contributed by atoms with van der Waals surface area (Å²) >= 11 is 0. The number of likely N-dealkylation sites (tertiary alicyclic amines) is 2. The molecule has 5 nitrogen and oxygen atoms in total. The Kier molecular flexibility index (Phi) is 7.81. The summed E-state index contributed by atoms with van der Waals surface area (Å²) in [6.07, 6.45) is 8.37. The van der Waals surface area contributed by atoms with Crippen LogP contribution >= 0.6 is 0 Å². The highest BCUT2D eigenvalue weighted by molar-refractivity contribution is 5.67. The standard InChI is InChI=1S/C28H35F2N5/c1-20(35-13-10-22(15-31)18-35)25-7-5-23(14-26(25)29)27-17-32-24(16-33-27)6-4-21-8-11-34(12-9-21)19-28(2,3)30/h5,7,14,16-17,21-22H,1,4,6,8-13,18-19H2,2-3H3. The van der Waals surface area contributed by atoms with Gasteiger partial charge in [0, 0.05) is 42.7 Å². The second-order valence-electron chi connectivity index (χ2n) is 10.6. The van der Waals surface area contributed by atoms with E-state index < -0.39 is 5.67 Å². The number of hydrogen-bond acceptors (Lipinski definition) is 5. The van der Waals surface area contributed by atoms with E-state index in [9.17, 15) is 8.78 Å². The van der Waals surface area contributed by atoms with E-state index in [1.165, 1.54) is 6.07 Å². The maximum absolute atomic E-state index is 14.9. The molecule has 1 unspecified atom stereocenters. The number of alkyl halides is 1. The molecule has 0 aliphatic carbocycles. The zero-order chi connectivity index (χ0) is 25.0. The minimum absolute atomic E-state index is 0.0237. The fraction of sp³-hybridized carbons (Fsp3) is 0.536. The largest absolute Gasteiger partial charge is 0.370 e. The van der Waals surface area contributed by atoms with Crippen molar-refractivity contribution in [1.29, 1.82) is 5.26 Å². The number of nitriles is 1. The third-order valence-electron chi connectivity index (χ3n) is 7.15. The van der Waals surface area contributed by atoms with Gasteiger partial charge in [-0.2, -0.15) is 5.26 Å². The fourth-order valence-corrected chi connectivity index (χ4v) is 5.14. The molecule has 0 saturated carbocycles. The lowest BCUT2D eigenvalue weighted by Crippen LogP contribution is -2.41. The van der Waals surface area contributed by atoms with Gasteiger partial charge < -0.3 is 9.80 Å². The number of nitrogens with zero attached hydrogens (tertiary/aromatic N) is 5. The summed E-state index contributed by atoms with van der Waals surface area (Å²) in [5, 5.41) is 9.11. The molecule has 4 rings (SSSR count). The van der Waals surface area contributed by atoms with Gasteiger partial charge in [0.1, 0.15) is 11.5 Å². The lowest BCUT2D eigenvalue weighted by atomic mass is 9.91. The molecule has 0 radical (unpaired) electrons. The molecule has 2 aliphatic heterocycles. The van der Waals surface area contributed by atoms with Crippen molar-refractivity contribution in [2.75, 3.05) is 32.7 Å². The van der Waals surface area contributed by atoms with Gasteiger partial charge in [-0.15, -0.1) is 0 Å². The predicted octanol–water partition coefficient (Wildman–Crippen LogP) is 5.49. The summed E-state index contributed by atoms with van der Waals surface area (Å²) < 4.78 is 28.8. The third-order valence-corrected chi connectivity index (χ3v) is 7.15. The molecule has 35 heavy (non-hydrogen) atoms. The zero-order valence-corrected chi connectivity index (χ0v) is 20.8. The summed E-state index contributed by atoms with van der Waals surface area (Å²) in [7, 11) is 0. The van der Waals surface area contributed by atoms with Crippen molar-refractivity contribution in [3.63, 3.8) is 0 Å². The van der Waals surface area contributed by atoms with Gasteiger partial charge in [0.15, 0.2) is 0 Å². The first-order chi connectivity index (χ1) is 16.7. The molecule has 0 amide bonds. The van der Waals surface area contributed by atoms with Gasteiger partial charge in [-0.25, -0.2) is 8.78 Å². The maximum atomic E-state index is 14.9. The van der Waals surface area contributed by atoms with Crippen molar-refractivity contribution < 1.29 is 8.78 Å². The SMILES string of the molecule is C=C(c1ccc(-c2cnc(CCC3CCN(CC(C)(C)F)CC3)cn2)cc1F)N1CCC(C#N)C1. The van der Waals surface area contributed by atoms with Crippen molar-refractivity contribution in [1.82, 2.24) is 19.8 Å². The zero-order valence-electron chi connectivity index (χ0n) is 20.8. The van der Waals surface area contributed by atoms with E-state index in [0.29, 0.717) is 41.5 Å². The van der Waals surface area contributed by atoms with Crippen LogP contribution in [0.15, 0.2) is 37.2 Å². The summed E-state index contributed by atoms with van der Waals surface area (Å²) in [5.41, 5.74) is 2.19. The van der Waals surface area contributed by atoms with E-state index in [4.69, 9.17) is 5.26 Å². The second-order valence-corrected chi connectivity index (χ2v) is 10.6. The number of rotatable bonds is 8. The number of aromatic nitrogens is 2. The van der Waals surface area contributed by atoms with Crippen molar-refractivity contribution in [2.45, 2.75) is 51.6 Å². The van der Waals surface area contributed by atoms with Crippen LogP contribution in [0.5, 0.6) is 0 Å². The van der Waals surface area contributed by atoms with E-state index in [1.807, 2.05) is 11.0 Å². The van der Waals surface area contributed by atoms with Crippen LogP contribution in [0.3, 0.4) is 0 Å². The van der Waals surface area contributed by atoms with Gasteiger partial charge in [0.25, 0.3) is 0 Å². The second kappa shape index (κ2) is 10.8. The van der Waals surface area contributed by atoms with Crippen molar-refractivity contribution in [3.05, 3.63) is 54.2 Å². The molecule has 1 aromatic heterocycles. The average molecular weight is 480 g/mol. The van der Waals surface area contributed by atoms with Crippen LogP contribution in [0.4, 0.5) is 8.78 Å². The minimum atomic E-state index is -1.14. The normalized spacial score (nSPS) is 19.6. The molecule has 3 heterocycles. The molecule has 2 fully saturated rings. The smallest absolute Gasteiger partial charge is 0.133 e. The first-order valence-electron chi connectivity index (χ1n) is 12.6. The summed E-state index contributed by atoms with van der Waals surface area (Å²) in [6, 6.07) is 7.34. The van der Waals surface area contributed by atoms with E-state index in [2.05, 4.69) is 27.5 Å². The summed E-state index contributed by atoms with van der Waals surface area (Å²) in [6.45, 7) is 11.1. The van der Waals surface area contributed by atoms with Crippen LogP contribution in [0.1, 0.15) is 50.8 Å². The highest BCUT2D eigenvalue weighted by Gasteiger charge is 2.26. The molecule has 0 spiro atoms. The Bertz CT molecular complexity index is 1060. The monoisotopic (exact) mass is 479 g/mol. The Hall–Kier alpha value is -2.85. The number of piperidine rings is 1. The van der Waals surface area contributed by atoms with E-state index >= 15 is 0 Å². The molecule has 0 N–H and O–H groups in total. The predicted molar refractivity (Wildman–Crippen MR) is 134 cm³/mol. The summed E-state index contributed by atoms with van der Waals surface area (Å²) in [4.78, 5) is 13.3. The topological polar surface area (TPSA) is 56.1 Å². The Balaban J connectivity index is 1.30. The van der Waals surface area contributed by atoms with Crippen molar-refractivity contribution in [3.8, 4) is 17.3 Å². The molecular weight excluding hydrogens is 444 g/mol.